The van der Waals surface area contributed by atoms with Gasteiger partial charge >= 0.3 is 0 Å². The Bertz CT molecular complexity index is 1550. The van der Waals surface area contributed by atoms with E-state index in [0.717, 1.165) is 56.0 Å². The van der Waals surface area contributed by atoms with Gasteiger partial charge in [-0.25, -0.2) is 0 Å². The first kappa shape index (κ1) is 27.1. The molecule has 0 spiro atoms. The second kappa shape index (κ2) is 12.6. The molecule has 0 atom stereocenters. The van der Waals surface area contributed by atoms with E-state index in [1.165, 1.54) is 58.2 Å². The lowest BCUT2D eigenvalue weighted by molar-refractivity contribution is 0.214. The van der Waals surface area contributed by atoms with Gasteiger partial charge in [-0.05, 0) is 91.6 Å². The van der Waals surface area contributed by atoms with E-state index in [2.05, 4.69) is 77.5 Å². The van der Waals surface area contributed by atoms with Gasteiger partial charge in [-0.3, -0.25) is 9.88 Å². The lowest BCUT2D eigenvalue weighted by atomic mass is 9.96. The summed E-state index contributed by atoms with van der Waals surface area (Å²) < 4.78 is 13.2. The predicted octanol–water partition coefficient (Wildman–Crippen LogP) is 7.56. The number of fused-ring (bicyclic) bond motifs is 1. The molecule has 0 amide bonds. The van der Waals surface area contributed by atoms with E-state index in [1.807, 2.05) is 6.07 Å². The van der Waals surface area contributed by atoms with Crippen molar-refractivity contribution < 1.29 is 9.47 Å². The van der Waals surface area contributed by atoms with Crippen molar-refractivity contribution in [3.05, 3.63) is 112 Å². The molecule has 208 valence electrons. The van der Waals surface area contributed by atoms with E-state index >= 15 is 0 Å². The molecule has 2 aliphatic rings. The number of hydrogen-bond acceptors (Lipinski definition) is 5. The quantitative estimate of drug-likeness (QED) is 0.218. The van der Waals surface area contributed by atoms with Crippen molar-refractivity contribution in [2.24, 2.45) is 0 Å². The third kappa shape index (κ3) is 6.14. The zero-order chi connectivity index (χ0) is 28.0. The van der Waals surface area contributed by atoms with Crippen LogP contribution in [0.5, 0.6) is 11.5 Å². The van der Waals surface area contributed by atoms with Crippen molar-refractivity contribution in [3.63, 3.8) is 0 Å². The lowest BCUT2D eigenvalue weighted by Gasteiger charge is -2.29. The zero-order valence-electron chi connectivity index (χ0n) is 23.9. The Morgan fingerprint density at radius 1 is 0.829 bits per heavy atom. The Hall–Kier alpha value is -4.14. The number of rotatable bonds is 9. The maximum absolute atomic E-state index is 9.32. The Kier molecular flexibility index (Phi) is 8.30. The fraction of sp³-hybridized carbons (Fsp3) is 0.333. The van der Waals surface area contributed by atoms with Crippen molar-refractivity contribution in [1.29, 1.82) is 5.26 Å². The monoisotopic (exact) mass is 543 g/mol. The van der Waals surface area contributed by atoms with Gasteiger partial charge in [0.05, 0.1) is 5.56 Å². The van der Waals surface area contributed by atoms with Gasteiger partial charge in [0, 0.05) is 36.1 Å². The highest BCUT2D eigenvalue weighted by molar-refractivity contribution is 5.68. The highest BCUT2D eigenvalue weighted by atomic mass is 16.5. The van der Waals surface area contributed by atoms with Crippen LogP contribution >= 0.6 is 0 Å². The van der Waals surface area contributed by atoms with E-state index in [-0.39, 0.29) is 0 Å². The number of ether oxygens (including phenoxy) is 2. The number of pyridine rings is 1. The number of aromatic nitrogens is 1. The van der Waals surface area contributed by atoms with Crippen LogP contribution in [0.15, 0.2) is 73.1 Å². The van der Waals surface area contributed by atoms with E-state index in [0.29, 0.717) is 18.8 Å². The summed E-state index contributed by atoms with van der Waals surface area (Å²) in [7, 11) is 0. The van der Waals surface area contributed by atoms with Crippen LogP contribution in [0.4, 0.5) is 0 Å². The number of nitriles is 1. The molecule has 1 fully saturated rings. The number of piperidine rings is 1. The molecule has 2 heterocycles. The fourth-order valence-electron chi connectivity index (χ4n) is 6.28. The SMILES string of the molecule is Cc1c(COc2cc(OCc3cncc(C#N)c3)c(CN3CCCCC3)c3c2CCC3)cccc1-c1ccccc1. The van der Waals surface area contributed by atoms with E-state index in [4.69, 9.17) is 9.47 Å². The molecule has 4 aromatic rings. The Morgan fingerprint density at radius 3 is 2.46 bits per heavy atom. The summed E-state index contributed by atoms with van der Waals surface area (Å²) in [6, 6.07) is 23.2. The van der Waals surface area contributed by atoms with Crippen LogP contribution in [0.2, 0.25) is 0 Å². The molecule has 1 aliphatic heterocycles. The minimum Gasteiger partial charge on any atom is -0.488 e. The van der Waals surface area contributed by atoms with Gasteiger partial charge in [-0.15, -0.1) is 0 Å². The molecule has 0 radical (unpaired) electrons. The molecule has 0 saturated carbocycles. The van der Waals surface area contributed by atoms with Gasteiger partial charge in [0.15, 0.2) is 0 Å². The van der Waals surface area contributed by atoms with Crippen LogP contribution in [0.3, 0.4) is 0 Å². The van der Waals surface area contributed by atoms with Gasteiger partial charge in [-0.1, -0.05) is 55.0 Å². The average molecular weight is 544 g/mol. The lowest BCUT2D eigenvalue weighted by Crippen LogP contribution is -2.29. The maximum atomic E-state index is 9.32. The van der Waals surface area contributed by atoms with E-state index in [9.17, 15) is 5.26 Å². The Labute approximate surface area is 243 Å². The molecule has 5 heteroatoms. The van der Waals surface area contributed by atoms with Crippen LogP contribution in [0.25, 0.3) is 11.1 Å². The summed E-state index contributed by atoms with van der Waals surface area (Å²) >= 11 is 0. The van der Waals surface area contributed by atoms with Crippen LogP contribution < -0.4 is 9.47 Å². The predicted molar refractivity (Wildman–Crippen MR) is 162 cm³/mol. The zero-order valence-corrected chi connectivity index (χ0v) is 23.9. The topological polar surface area (TPSA) is 58.4 Å². The largest absolute Gasteiger partial charge is 0.488 e. The molecule has 1 saturated heterocycles. The van der Waals surface area contributed by atoms with Gasteiger partial charge < -0.3 is 9.47 Å². The highest BCUT2D eigenvalue weighted by Gasteiger charge is 2.26. The van der Waals surface area contributed by atoms with Crippen molar-refractivity contribution in [3.8, 4) is 28.7 Å². The van der Waals surface area contributed by atoms with Crippen molar-refractivity contribution >= 4 is 0 Å². The molecule has 6 rings (SSSR count). The first-order chi connectivity index (χ1) is 20.2. The first-order valence-electron chi connectivity index (χ1n) is 14.8. The van der Waals surface area contributed by atoms with Gasteiger partial charge in [-0.2, -0.15) is 5.26 Å². The van der Waals surface area contributed by atoms with Gasteiger partial charge in [0.2, 0.25) is 0 Å². The van der Waals surface area contributed by atoms with Crippen LogP contribution in [0.1, 0.15) is 64.6 Å². The average Bonchev–Trinajstić information content (AvgIpc) is 3.52. The molecular formula is C36H37N3O2. The fourth-order valence-corrected chi connectivity index (χ4v) is 6.28. The summed E-state index contributed by atoms with van der Waals surface area (Å²) in [5.41, 5.74) is 10.4. The highest BCUT2D eigenvalue weighted by Crippen LogP contribution is 2.41. The Morgan fingerprint density at radius 2 is 1.63 bits per heavy atom. The molecule has 5 nitrogen and oxygen atoms in total. The molecule has 41 heavy (non-hydrogen) atoms. The van der Waals surface area contributed by atoms with E-state index < -0.39 is 0 Å². The Balaban J connectivity index is 1.30. The molecular weight excluding hydrogens is 506 g/mol. The molecule has 0 bridgehead atoms. The molecule has 3 aromatic carbocycles. The smallest absolute Gasteiger partial charge is 0.128 e. The first-order valence-corrected chi connectivity index (χ1v) is 14.8. The van der Waals surface area contributed by atoms with Crippen LogP contribution in [-0.2, 0) is 32.6 Å². The second-order valence-corrected chi connectivity index (χ2v) is 11.2. The number of hydrogen-bond donors (Lipinski definition) is 0. The summed E-state index contributed by atoms with van der Waals surface area (Å²) in [6.07, 6.45) is 10.4. The van der Waals surface area contributed by atoms with Crippen molar-refractivity contribution in [2.75, 3.05) is 13.1 Å². The number of likely N-dealkylation sites (tertiary alicyclic amines) is 1. The van der Waals surface area contributed by atoms with E-state index in [1.54, 1.807) is 12.4 Å². The third-order valence-electron chi connectivity index (χ3n) is 8.50. The van der Waals surface area contributed by atoms with Crippen LogP contribution in [-0.4, -0.2) is 23.0 Å². The number of benzene rings is 3. The maximum Gasteiger partial charge on any atom is 0.128 e. The molecule has 0 N–H and O–H groups in total. The summed E-state index contributed by atoms with van der Waals surface area (Å²) in [5, 5.41) is 9.32. The van der Waals surface area contributed by atoms with Crippen molar-refractivity contribution in [1.82, 2.24) is 9.88 Å². The van der Waals surface area contributed by atoms with Crippen molar-refractivity contribution in [2.45, 2.75) is 65.2 Å². The van der Waals surface area contributed by atoms with Gasteiger partial charge in [0.1, 0.15) is 30.8 Å². The molecule has 1 aliphatic carbocycles. The summed E-state index contributed by atoms with van der Waals surface area (Å²) in [4.78, 5) is 6.79. The molecule has 0 unspecified atom stereocenters. The van der Waals surface area contributed by atoms with Crippen LogP contribution in [0, 0.1) is 18.3 Å². The standard InChI is InChI=1S/C36H37N3O2/c1-26-30(12-8-13-31(26)29-10-4-2-5-11-29)25-41-35-19-36(40-24-28-18-27(20-37)21-38-22-28)34(32-14-9-15-33(32)35)23-39-16-6-3-7-17-39/h2,4-5,8,10-13,18-19,21-22H,3,6-7,9,14-17,23-25H2,1H3. The number of nitrogens with zero attached hydrogens (tertiary/aromatic N) is 3. The second-order valence-electron chi connectivity index (χ2n) is 11.2. The normalized spacial score (nSPS) is 14.8. The molecule has 1 aromatic heterocycles. The van der Waals surface area contributed by atoms with Gasteiger partial charge in [0.25, 0.3) is 0 Å². The third-order valence-corrected chi connectivity index (χ3v) is 8.50. The summed E-state index contributed by atoms with van der Waals surface area (Å²) in [6.45, 7) is 6.25. The summed E-state index contributed by atoms with van der Waals surface area (Å²) in [5.74, 6) is 1.83. The minimum absolute atomic E-state index is 0.367. The minimum atomic E-state index is 0.367.